The topological polar surface area (TPSA) is 9.23 Å². The van der Waals surface area contributed by atoms with Crippen LogP contribution in [0.3, 0.4) is 0 Å². The van der Waals surface area contributed by atoms with Crippen molar-refractivity contribution in [3.05, 3.63) is 70.8 Å². The minimum atomic E-state index is -3.26. The smallest absolute Gasteiger partial charge is 0.313 e. The van der Waals surface area contributed by atoms with Gasteiger partial charge in [-0.25, -0.2) is 8.78 Å². The summed E-state index contributed by atoms with van der Waals surface area (Å²) >= 11 is 0. The highest BCUT2D eigenvalue weighted by molar-refractivity contribution is 5.25. The van der Waals surface area contributed by atoms with Crippen LogP contribution in [0.25, 0.3) is 0 Å². The molecule has 5 heteroatoms. The average Bonchev–Trinajstić information content (AvgIpc) is 2.87. The van der Waals surface area contributed by atoms with E-state index in [2.05, 4.69) is 6.92 Å². The first-order chi connectivity index (χ1) is 16.9. The molecule has 0 saturated heterocycles. The molecule has 0 radical (unpaired) electrons. The molecule has 35 heavy (non-hydrogen) atoms. The van der Waals surface area contributed by atoms with Crippen LogP contribution in [0.1, 0.15) is 100 Å². The Hall–Kier alpha value is -1.88. The first kappa shape index (κ1) is 26.2. The molecule has 4 rings (SSSR count). The lowest BCUT2D eigenvalue weighted by atomic mass is 9.69. The number of benzene rings is 2. The highest BCUT2D eigenvalue weighted by atomic mass is 19.3. The zero-order chi connectivity index (χ0) is 24.8. The third-order valence-corrected chi connectivity index (χ3v) is 8.25. The second kappa shape index (κ2) is 11.9. The standard InChI is InChI=1S/C30H38F4O/c1-2-3-4-5-21-6-15-26(16-7-21)30(33,34)35-27-17-12-23(13-18-27)22-8-10-24(11-9-22)25-14-19-28(31)29(32)20-25/h6-7,14-16,19-20,22-24,27H,2-5,8-13,17-18H2,1H3. The van der Waals surface area contributed by atoms with Gasteiger partial charge in [-0.1, -0.05) is 50.1 Å². The van der Waals surface area contributed by atoms with E-state index in [4.69, 9.17) is 4.74 Å². The molecular formula is C30H38F4O. The maximum absolute atomic E-state index is 14.8. The van der Waals surface area contributed by atoms with E-state index in [0.29, 0.717) is 24.7 Å². The van der Waals surface area contributed by atoms with Crippen molar-refractivity contribution in [2.75, 3.05) is 0 Å². The molecule has 0 aliphatic heterocycles. The molecule has 1 nitrogen and oxygen atoms in total. The molecule has 0 amide bonds. The lowest BCUT2D eigenvalue weighted by molar-refractivity contribution is -0.278. The Morgan fingerprint density at radius 2 is 1.40 bits per heavy atom. The van der Waals surface area contributed by atoms with E-state index in [0.717, 1.165) is 75.3 Å². The number of hydrogen-bond donors (Lipinski definition) is 0. The molecular weight excluding hydrogens is 452 g/mol. The SMILES string of the molecule is CCCCCc1ccc(C(F)(F)OC2CCC(C3CCC(c4ccc(F)c(F)c4)CC3)CC2)cc1. The Bertz CT molecular complexity index is 926. The zero-order valence-electron chi connectivity index (χ0n) is 20.8. The van der Waals surface area contributed by atoms with Crippen LogP contribution in [0.4, 0.5) is 17.6 Å². The van der Waals surface area contributed by atoms with Gasteiger partial charge in [0, 0.05) is 0 Å². The maximum atomic E-state index is 14.8. The molecule has 2 aromatic carbocycles. The fourth-order valence-corrected chi connectivity index (χ4v) is 6.09. The van der Waals surface area contributed by atoms with Gasteiger partial charge >= 0.3 is 6.11 Å². The number of aryl methyl sites for hydroxylation is 1. The van der Waals surface area contributed by atoms with Crippen LogP contribution in [0.5, 0.6) is 0 Å². The summed E-state index contributed by atoms with van der Waals surface area (Å²) in [5.41, 5.74) is 1.92. The fraction of sp³-hybridized carbons (Fsp3) is 0.600. The Balaban J connectivity index is 1.22. The van der Waals surface area contributed by atoms with Crippen LogP contribution in [0, 0.1) is 23.5 Å². The van der Waals surface area contributed by atoms with Crippen molar-refractivity contribution in [1.82, 2.24) is 0 Å². The van der Waals surface area contributed by atoms with Crippen LogP contribution in [0.15, 0.2) is 42.5 Å². The molecule has 2 aromatic rings. The summed E-state index contributed by atoms with van der Waals surface area (Å²) in [5.74, 6) is -0.179. The summed E-state index contributed by atoms with van der Waals surface area (Å²) in [6.07, 6.45) is 7.84. The normalized spacial score (nSPS) is 25.5. The first-order valence-corrected chi connectivity index (χ1v) is 13.5. The first-order valence-electron chi connectivity index (χ1n) is 13.5. The summed E-state index contributed by atoms with van der Waals surface area (Å²) in [6.45, 7) is 2.15. The Morgan fingerprint density at radius 3 is 2.00 bits per heavy atom. The van der Waals surface area contributed by atoms with Crippen molar-refractivity contribution in [2.45, 2.75) is 102 Å². The molecule has 0 heterocycles. The molecule has 192 valence electrons. The molecule has 2 aliphatic rings. The number of hydrogen-bond acceptors (Lipinski definition) is 1. The third-order valence-electron chi connectivity index (χ3n) is 8.25. The largest absolute Gasteiger partial charge is 0.383 e. The van der Waals surface area contributed by atoms with Gasteiger partial charge in [-0.2, -0.15) is 8.78 Å². The van der Waals surface area contributed by atoms with E-state index >= 15 is 0 Å². The van der Waals surface area contributed by atoms with Gasteiger partial charge in [0.25, 0.3) is 0 Å². The van der Waals surface area contributed by atoms with Crippen LogP contribution >= 0.6 is 0 Å². The van der Waals surface area contributed by atoms with Crippen LogP contribution in [0.2, 0.25) is 0 Å². The highest BCUT2D eigenvalue weighted by Crippen LogP contribution is 2.44. The van der Waals surface area contributed by atoms with Gasteiger partial charge < -0.3 is 4.74 Å². The van der Waals surface area contributed by atoms with Crippen molar-refractivity contribution in [3.63, 3.8) is 0 Å². The summed E-state index contributed by atoms with van der Waals surface area (Å²) < 4.78 is 61.8. The third kappa shape index (κ3) is 6.87. The van der Waals surface area contributed by atoms with Crippen LogP contribution in [-0.2, 0) is 17.3 Å². The summed E-state index contributed by atoms with van der Waals surface area (Å²) in [5, 5.41) is 0. The Labute approximate surface area is 207 Å². The minimum absolute atomic E-state index is 0.0607. The van der Waals surface area contributed by atoms with Crippen LogP contribution in [-0.4, -0.2) is 6.10 Å². The minimum Gasteiger partial charge on any atom is -0.313 e. The molecule has 2 fully saturated rings. The monoisotopic (exact) mass is 490 g/mol. The van der Waals surface area contributed by atoms with Crippen molar-refractivity contribution < 1.29 is 22.3 Å². The molecule has 0 N–H and O–H groups in total. The van der Waals surface area contributed by atoms with E-state index in [-0.39, 0.29) is 11.5 Å². The number of alkyl halides is 2. The molecule has 0 bridgehead atoms. The van der Waals surface area contributed by atoms with Gasteiger partial charge in [0.15, 0.2) is 11.6 Å². The molecule has 2 aliphatic carbocycles. The van der Waals surface area contributed by atoms with Gasteiger partial charge in [-0.15, -0.1) is 0 Å². The van der Waals surface area contributed by atoms with Gasteiger partial charge in [0.2, 0.25) is 0 Å². The molecule has 0 unspecified atom stereocenters. The van der Waals surface area contributed by atoms with E-state index in [1.54, 1.807) is 18.2 Å². The quantitative estimate of drug-likeness (QED) is 0.251. The number of ether oxygens (including phenoxy) is 1. The Morgan fingerprint density at radius 1 is 0.771 bits per heavy atom. The predicted molar refractivity (Wildman–Crippen MR) is 131 cm³/mol. The lowest BCUT2D eigenvalue weighted by Gasteiger charge is -2.38. The number of unbranched alkanes of at least 4 members (excludes halogenated alkanes) is 2. The van der Waals surface area contributed by atoms with Gasteiger partial charge in [-0.05, 0) is 105 Å². The van der Waals surface area contributed by atoms with E-state index < -0.39 is 23.8 Å². The molecule has 2 saturated carbocycles. The molecule has 0 atom stereocenters. The fourth-order valence-electron chi connectivity index (χ4n) is 6.09. The summed E-state index contributed by atoms with van der Waals surface area (Å²) in [6, 6.07) is 10.9. The Kier molecular flexibility index (Phi) is 8.91. The van der Waals surface area contributed by atoms with E-state index in [1.807, 2.05) is 0 Å². The second-order valence-electron chi connectivity index (χ2n) is 10.6. The van der Waals surface area contributed by atoms with Crippen LogP contribution < -0.4 is 0 Å². The maximum Gasteiger partial charge on any atom is 0.383 e. The average molecular weight is 491 g/mol. The zero-order valence-corrected chi connectivity index (χ0v) is 20.8. The van der Waals surface area contributed by atoms with Crippen molar-refractivity contribution in [2.24, 2.45) is 11.8 Å². The lowest BCUT2D eigenvalue weighted by Crippen LogP contribution is -2.32. The molecule has 0 aromatic heterocycles. The van der Waals surface area contributed by atoms with Gasteiger partial charge in [-0.3, -0.25) is 0 Å². The summed E-state index contributed by atoms with van der Waals surface area (Å²) in [7, 11) is 0. The van der Waals surface area contributed by atoms with Crippen molar-refractivity contribution in [1.29, 1.82) is 0 Å². The second-order valence-corrected chi connectivity index (χ2v) is 10.6. The van der Waals surface area contributed by atoms with Crippen molar-refractivity contribution >= 4 is 0 Å². The summed E-state index contributed by atoms with van der Waals surface area (Å²) in [4.78, 5) is 0. The highest BCUT2D eigenvalue weighted by Gasteiger charge is 2.38. The number of halogens is 4. The van der Waals surface area contributed by atoms with E-state index in [1.165, 1.54) is 24.3 Å². The van der Waals surface area contributed by atoms with E-state index in [9.17, 15) is 17.6 Å². The van der Waals surface area contributed by atoms with Crippen molar-refractivity contribution in [3.8, 4) is 0 Å². The van der Waals surface area contributed by atoms with Gasteiger partial charge in [0.05, 0.1) is 11.7 Å². The predicted octanol–water partition coefficient (Wildman–Crippen LogP) is 9.30. The van der Waals surface area contributed by atoms with Gasteiger partial charge in [0.1, 0.15) is 0 Å². The molecule has 0 spiro atoms. The number of rotatable bonds is 9.